The van der Waals surface area contributed by atoms with E-state index in [1.165, 1.54) is 7.11 Å². The van der Waals surface area contributed by atoms with Crippen LogP contribution >= 0.6 is 0 Å². The van der Waals surface area contributed by atoms with E-state index in [2.05, 4.69) is 5.32 Å². The normalized spacial score (nSPS) is 12.9. The summed E-state index contributed by atoms with van der Waals surface area (Å²) in [6, 6.07) is 21.1. The average molecular weight is 395 g/mol. The first kappa shape index (κ1) is 19.8. The Bertz CT molecular complexity index is 998. The second-order valence-electron chi connectivity index (χ2n) is 6.23. The topological polar surface area (TPSA) is 72.5 Å². The highest BCUT2D eigenvalue weighted by Crippen LogP contribution is 2.19. The third kappa shape index (κ3) is 4.64. The number of amides is 1. The standard InChI is InChI=1S/C22H21NO4S/c1-27-22(25)20(14-15-28(26)17-10-3-2-4-11-17)23-21(24)19-13-7-9-16-8-5-6-12-18(16)19/h2-13,20H,14-15H2,1H3,(H,23,24)/t20-,28-/m1/s1. The van der Waals surface area contributed by atoms with Gasteiger partial charge in [-0.1, -0.05) is 54.6 Å². The van der Waals surface area contributed by atoms with Gasteiger partial charge in [0.05, 0.1) is 17.9 Å². The molecular weight excluding hydrogens is 374 g/mol. The lowest BCUT2D eigenvalue weighted by Gasteiger charge is -2.17. The molecule has 0 aliphatic carbocycles. The maximum absolute atomic E-state index is 12.8. The van der Waals surface area contributed by atoms with Gasteiger partial charge in [-0.05, 0) is 35.4 Å². The number of benzene rings is 3. The average Bonchev–Trinajstić information content (AvgIpc) is 2.75. The molecule has 3 aromatic carbocycles. The van der Waals surface area contributed by atoms with Crippen LogP contribution in [0.1, 0.15) is 16.8 Å². The molecule has 0 bridgehead atoms. The zero-order valence-corrected chi connectivity index (χ0v) is 16.3. The minimum atomic E-state index is -1.26. The fraction of sp³-hybridized carbons (Fsp3) is 0.182. The molecule has 1 amide bonds. The minimum Gasteiger partial charge on any atom is -0.467 e. The monoisotopic (exact) mass is 395 g/mol. The molecule has 0 fully saturated rings. The minimum absolute atomic E-state index is 0.213. The van der Waals surface area contributed by atoms with Gasteiger partial charge < -0.3 is 10.1 Å². The Hall–Kier alpha value is -2.99. The van der Waals surface area contributed by atoms with E-state index < -0.39 is 22.8 Å². The summed E-state index contributed by atoms with van der Waals surface area (Å²) >= 11 is 0. The second-order valence-corrected chi connectivity index (χ2v) is 7.80. The van der Waals surface area contributed by atoms with Gasteiger partial charge in [-0.25, -0.2) is 4.79 Å². The Balaban J connectivity index is 1.74. The van der Waals surface area contributed by atoms with Crippen LogP contribution in [0, 0.1) is 0 Å². The molecular formula is C22H21NO4S. The highest BCUT2D eigenvalue weighted by atomic mass is 32.2. The van der Waals surface area contributed by atoms with E-state index in [1.54, 1.807) is 24.3 Å². The highest BCUT2D eigenvalue weighted by molar-refractivity contribution is 7.85. The molecule has 0 unspecified atom stereocenters. The molecule has 3 aromatic rings. The number of ether oxygens (including phenoxy) is 1. The van der Waals surface area contributed by atoms with Crippen molar-refractivity contribution in [3.63, 3.8) is 0 Å². The van der Waals surface area contributed by atoms with Crippen LogP contribution in [-0.2, 0) is 20.3 Å². The smallest absolute Gasteiger partial charge is 0.328 e. The Labute approximate surface area is 166 Å². The highest BCUT2D eigenvalue weighted by Gasteiger charge is 2.23. The van der Waals surface area contributed by atoms with Crippen molar-refractivity contribution in [3.05, 3.63) is 78.4 Å². The summed E-state index contributed by atoms with van der Waals surface area (Å²) < 4.78 is 17.3. The number of fused-ring (bicyclic) bond motifs is 1. The number of carbonyl (C=O) groups is 2. The first-order valence-electron chi connectivity index (χ1n) is 8.90. The molecule has 3 rings (SSSR count). The number of methoxy groups -OCH3 is 1. The van der Waals surface area contributed by atoms with Crippen molar-refractivity contribution in [1.82, 2.24) is 5.32 Å². The van der Waals surface area contributed by atoms with Crippen LogP contribution in [0.2, 0.25) is 0 Å². The summed E-state index contributed by atoms with van der Waals surface area (Å²) in [7, 11) is 0.00823. The molecule has 5 nitrogen and oxygen atoms in total. The number of hydrogen-bond donors (Lipinski definition) is 1. The molecule has 0 heterocycles. The molecule has 144 valence electrons. The third-order valence-corrected chi connectivity index (χ3v) is 5.83. The van der Waals surface area contributed by atoms with Crippen LogP contribution in [-0.4, -0.2) is 35.0 Å². The van der Waals surface area contributed by atoms with Gasteiger partial charge in [0.2, 0.25) is 0 Å². The van der Waals surface area contributed by atoms with Crippen molar-refractivity contribution < 1.29 is 18.5 Å². The molecule has 0 radical (unpaired) electrons. The van der Waals surface area contributed by atoms with Crippen LogP contribution in [0.25, 0.3) is 10.8 Å². The van der Waals surface area contributed by atoms with E-state index in [4.69, 9.17) is 4.74 Å². The maximum Gasteiger partial charge on any atom is 0.328 e. The zero-order valence-electron chi connectivity index (χ0n) is 15.5. The number of rotatable bonds is 7. The van der Waals surface area contributed by atoms with E-state index in [9.17, 15) is 13.8 Å². The fourth-order valence-electron chi connectivity index (χ4n) is 2.97. The van der Waals surface area contributed by atoms with Crippen molar-refractivity contribution in [2.75, 3.05) is 12.9 Å². The van der Waals surface area contributed by atoms with Crippen molar-refractivity contribution >= 4 is 33.4 Å². The van der Waals surface area contributed by atoms with Gasteiger partial charge >= 0.3 is 5.97 Å². The second kappa shape index (κ2) is 9.28. The van der Waals surface area contributed by atoms with Crippen LogP contribution in [0.3, 0.4) is 0 Å². The van der Waals surface area contributed by atoms with Crippen molar-refractivity contribution in [1.29, 1.82) is 0 Å². The summed E-state index contributed by atoms with van der Waals surface area (Å²) in [5, 5.41) is 4.48. The van der Waals surface area contributed by atoms with Crippen LogP contribution in [0.5, 0.6) is 0 Å². The molecule has 0 spiro atoms. The molecule has 0 saturated heterocycles. The molecule has 0 aliphatic heterocycles. The molecule has 0 aromatic heterocycles. The Morgan fingerprint density at radius 1 is 0.964 bits per heavy atom. The summed E-state index contributed by atoms with van der Waals surface area (Å²) in [5.74, 6) is -0.684. The summed E-state index contributed by atoms with van der Waals surface area (Å²) in [4.78, 5) is 25.7. The van der Waals surface area contributed by atoms with Gasteiger partial charge in [-0.15, -0.1) is 0 Å². The van der Waals surface area contributed by atoms with Crippen molar-refractivity contribution in [3.8, 4) is 0 Å². The fourth-order valence-corrected chi connectivity index (χ4v) is 4.11. The number of esters is 1. The van der Waals surface area contributed by atoms with Gasteiger partial charge in [0.25, 0.3) is 5.91 Å². The lowest BCUT2D eigenvalue weighted by Crippen LogP contribution is -2.42. The third-order valence-electron chi connectivity index (χ3n) is 4.42. The van der Waals surface area contributed by atoms with E-state index in [0.717, 1.165) is 10.8 Å². The van der Waals surface area contributed by atoms with Gasteiger partial charge in [0.1, 0.15) is 6.04 Å². The molecule has 2 atom stereocenters. The summed E-state index contributed by atoms with van der Waals surface area (Å²) in [5.41, 5.74) is 0.483. The zero-order chi connectivity index (χ0) is 19.9. The van der Waals surface area contributed by atoms with E-state index in [-0.39, 0.29) is 18.1 Å². The lowest BCUT2D eigenvalue weighted by molar-refractivity contribution is -0.142. The quantitative estimate of drug-likeness (QED) is 0.623. The number of carbonyl (C=O) groups excluding carboxylic acids is 2. The predicted molar refractivity (Wildman–Crippen MR) is 110 cm³/mol. The number of hydrogen-bond acceptors (Lipinski definition) is 4. The van der Waals surface area contributed by atoms with Gasteiger partial charge in [-0.3, -0.25) is 9.00 Å². The molecule has 0 saturated carbocycles. The SMILES string of the molecule is COC(=O)[C@@H](CC[S@@](=O)c1ccccc1)NC(=O)c1cccc2ccccc12. The largest absolute Gasteiger partial charge is 0.467 e. The van der Waals surface area contributed by atoms with E-state index >= 15 is 0 Å². The van der Waals surface area contributed by atoms with E-state index in [1.807, 2.05) is 48.5 Å². The lowest BCUT2D eigenvalue weighted by atomic mass is 10.0. The Morgan fingerprint density at radius 3 is 2.39 bits per heavy atom. The van der Waals surface area contributed by atoms with Crippen molar-refractivity contribution in [2.45, 2.75) is 17.4 Å². The van der Waals surface area contributed by atoms with E-state index in [0.29, 0.717) is 10.5 Å². The molecule has 6 heteroatoms. The van der Waals surface area contributed by atoms with Gasteiger partial charge in [0, 0.05) is 16.2 Å². The summed E-state index contributed by atoms with van der Waals surface area (Å²) in [6.45, 7) is 0. The van der Waals surface area contributed by atoms with Gasteiger partial charge in [-0.2, -0.15) is 0 Å². The first-order chi connectivity index (χ1) is 13.6. The molecule has 0 aliphatic rings. The van der Waals surface area contributed by atoms with Gasteiger partial charge in [0.15, 0.2) is 0 Å². The van der Waals surface area contributed by atoms with Crippen molar-refractivity contribution in [2.24, 2.45) is 0 Å². The Kier molecular flexibility index (Phi) is 6.55. The molecule has 1 N–H and O–H groups in total. The van der Waals surface area contributed by atoms with Crippen LogP contribution in [0.15, 0.2) is 77.7 Å². The molecule has 28 heavy (non-hydrogen) atoms. The maximum atomic E-state index is 12.8. The first-order valence-corrected chi connectivity index (χ1v) is 10.2. The number of nitrogens with one attached hydrogen (secondary N) is 1. The van der Waals surface area contributed by atoms with Crippen LogP contribution in [0.4, 0.5) is 0 Å². The predicted octanol–water partition coefficient (Wildman–Crippen LogP) is 3.31. The van der Waals surface area contributed by atoms with Crippen LogP contribution < -0.4 is 5.32 Å². The summed E-state index contributed by atoms with van der Waals surface area (Å²) in [6.07, 6.45) is 0.213. The Morgan fingerprint density at radius 2 is 1.64 bits per heavy atom.